The molecule has 0 spiro atoms. The van der Waals surface area contributed by atoms with Gasteiger partial charge in [0.05, 0.1) is 18.3 Å². The molecule has 1 N–H and O–H groups in total. The molecule has 1 atom stereocenters. The number of nitrogens with zero attached hydrogens (tertiary/aromatic N) is 5. The molecule has 1 aromatic carbocycles. The molecule has 3 heterocycles. The van der Waals surface area contributed by atoms with Crippen LogP contribution in [0.4, 0.5) is 0 Å². The summed E-state index contributed by atoms with van der Waals surface area (Å²) in [5.74, 6) is 0.530. The summed E-state index contributed by atoms with van der Waals surface area (Å²) in [6.45, 7) is 1.71. The summed E-state index contributed by atoms with van der Waals surface area (Å²) in [6, 6.07) is 11.3. The van der Waals surface area contributed by atoms with Crippen molar-refractivity contribution < 1.29 is 4.79 Å². The Morgan fingerprint density at radius 3 is 2.87 bits per heavy atom. The lowest BCUT2D eigenvalue weighted by atomic mass is 10.0. The fourth-order valence-corrected chi connectivity index (χ4v) is 4.52. The van der Waals surface area contributed by atoms with Gasteiger partial charge in [0.15, 0.2) is 6.19 Å². The smallest absolute Gasteiger partial charge is 0.228 e. The van der Waals surface area contributed by atoms with Gasteiger partial charge in [-0.1, -0.05) is 29.8 Å². The summed E-state index contributed by atoms with van der Waals surface area (Å²) in [6.07, 6.45) is 4.16. The molecule has 1 saturated heterocycles. The van der Waals surface area contributed by atoms with Crippen molar-refractivity contribution in [2.24, 2.45) is 10.1 Å². The number of hydrogen-bond acceptors (Lipinski definition) is 5. The summed E-state index contributed by atoms with van der Waals surface area (Å²) in [5.41, 5.74) is 1.69. The van der Waals surface area contributed by atoms with E-state index >= 15 is 0 Å². The fraction of sp³-hybridized carbons (Fsp3) is 0.333. The minimum Gasteiger partial charge on any atom is -0.332 e. The molecule has 1 fully saturated rings. The highest BCUT2D eigenvalue weighted by Crippen LogP contribution is 2.24. The number of carbonyl (C=O) groups is 1. The van der Waals surface area contributed by atoms with Crippen LogP contribution < -0.4 is 5.32 Å². The highest BCUT2D eigenvalue weighted by atomic mass is 35.5. The Balaban J connectivity index is 1.60. The van der Waals surface area contributed by atoms with Gasteiger partial charge < -0.3 is 4.90 Å². The monoisotopic (exact) mass is 440 g/mol. The third-order valence-electron chi connectivity index (χ3n) is 5.13. The molecule has 4 rings (SSSR count). The number of amides is 1. The highest BCUT2D eigenvalue weighted by Gasteiger charge is 2.38. The van der Waals surface area contributed by atoms with E-state index in [1.807, 2.05) is 46.8 Å². The van der Waals surface area contributed by atoms with Gasteiger partial charge in [-0.25, -0.2) is 5.01 Å². The molecule has 7 nitrogen and oxygen atoms in total. The minimum absolute atomic E-state index is 0.132. The summed E-state index contributed by atoms with van der Waals surface area (Å²) in [5, 5.41) is 21.0. The first-order chi connectivity index (χ1) is 14.7. The topological polar surface area (TPSA) is 84.1 Å². The summed E-state index contributed by atoms with van der Waals surface area (Å²) >= 11 is 7.73. The molecule has 9 heteroatoms. The predicted molar refractivity (Wildman–Crippen MR) is 119 cm³/mol. The largest absolute Gasteiger partial charge is 0.332 e. The van der Waals surface area contributed by atoms with Crippen LogP contribution >= 0.6 is 22.9 Å². The number of rotatable bonds is 5. The standard InChI is InChI=1S/C21H21ClN6OS/c22-16-7-5-15(6-8-16)20-18(27-11-1-4-19(27)29)13-28(26-20)21(25-14-23)24-10-9-17-3-2-12-30-17/h2-3,5-8,12,18H,1,4,9-11,13H2,(H,24,25). The summed E-state index contributed by atoms with van der Waals surface area (Å²) in [7, 11) is 0. The van der Waals surface area contributed by atoms with Gasteiger partial charge in [-0.05, 0) is 30.0 Å². The number of nitrogens with one attached hydrogen (secondary N) is 1. The van der Waals surface area contributed by atoms with Crippen LogP contribution in [0.5, 0.6) is 0 Å². The Morgan fingerprint density at radius 1 is 1.37 bits per heavy atom. The molecule has 0 radical (unpaired) electrons. The molecule has 2 aromatic rings. The molecule has 1 aromatic heterocycles. The number of benzene rings is 1. The number of thiophene rings is 1. The number of guanidine groups is 1. The Hall–Kier alpha value is -2.89. The Labute approximate surface area is 184 Å². The van der Waals surface area contributed by atoms with Gasteiger partial charge >= 0.3 is 0 Å². The number of halogens is 1. The summed E-state index contributed by atoms with van der Waals surface area (Å²) < 4.78 is 0. The van der Waals surface area contributed by atoms with Crippen LogP contribution in [-0.2, 0) is 11.2 Å². The molecule has 0 saturated carbocycles. The zero-order valence-corrected chi connectivity index (χ0v) is 17.9. The maximum absolute atomic E-state index is 12.4. The molecule has 2 aliphatic rings. The predicted octanol–water partition coefficient (Wildman–Crippen LogP) is 3.08. The van der Waals surface area contributed by atoms with Crippen molar-refractivity contribution in [1.29, 1.82) is 5.26 Å². The molecule has 1 unspecified atom stereocenters. The first-order valence-electron chi connectivity index (χ1n) is 9.79. The molecule has 30 heavy (non-hydrogen) atoms. The van der Waals surface area contributed by atoms with Crippen molar-refractivity contribution in [2.45, 2.75) is 25.3 Å². The van der Waals surface area contributed by atoms with E-state index in [-0.39, 0.29) is 11.9 Å². The Morgan fingerprint density at radius 2 is 2.20 bits per heavy atom. The van der Waals surface area contributed by atoms with Gasteiger partial charge in [-0.2, -0.15) is 10.4 Å². The van der Waals surface area contributed by atoms with Crippen LogP contribution in [0.15, 0.2) is 51.9 Å². The second-order valence-corrected chi connectivity index (χ2v) is 8.52. The van der Waals surface area contributed by atoms with E-state index in [4.69, 9.17) is 16.7 Å². The minimum atomic E-state index is -0.191. The maximum atomic E-state index is 12.4. The van der Waals surface area contributed by atoms with Gasteiger partial charge in [-0.3, -0.25) is 15.1 Å². The molecular weight excluding hydrogens is 420 g/mol. The van der Waals surface area contributed by atoms with Crippen LogP contribution in [0.1, 0.15) is 23.3 Å². The van der Waals surface area contributed by atoms with E-state index in [2.05, 4.69) is 16.4 Å². The number of carbonyl (C=O) groups excluding carboxylic acids is 1. The second-order valence-electron chi connectivity index (χ2n) is 7.05. The average molecular weight is 441 g/mol. The van der Waals surface area contributed by atoms with Crippen LogP contribution in [-0.4, -0.2) is 53.2 Å². The van der Waals surface area contributed by atoms with Gasteiger partial charge in [0.2, 0.25) is 11.9 Å². The second kappa shape index (κ2) is 9.28. The third-order valence-corrected chi connectivity index (χ3v) is 6.32. The number of likely N-dealkylation sites (tertiary alicyclic amines) is 1. The number of aliphatic imine (C=N–C) groups is 1. The molecule has 0 aliphatic carbocycles. The van der Waals surface area contributed by atoms with Crippen molar-refractivity contribution >= 4 is 40.5 Å². The first kappa shape index (κ1) is 20.4. The van der Waals surface area contributed by atoms with E-state index in [9.17, 15) is 10.1 Å². The molecular formula is C21H21ClN6OS. The van der Waals surface area contributed by atoms with Gasteiger partial charge in [0.1, 0.15) is 0 Å². The lowest BCUT2D eigenvalue weighted by molar-refractivity contribution is -0.128. The van der Waals surface area contributed by atoms with E-state index in [1.165, 1.54) is 4.88 Å². The molecule has 2 aliphatic heterocycles. The number of hydrogen-bond donors (Lipinski definition) is 1. The lowest BCUT2D eigenvalue weighted by Crippen LogP contribution is -2.45. The molecule has 0 bridgehead atoms. The Bertz CT molecular complexity index is 996. The van der Waals surface area contributed by atoms with Crippen LogP contribution in [0.3, 0.4) is 0 Å². The molecule has 154 valence electrons. The van der Waals surface area contributed by atoms with Gasteiger partial charge in [0.25, 0.3) is 0 Å². The summed E-state index contributed by atoms with van der Waals surface area (Å²) in [4.78, 5) is 20.1. The maximum Gasteiger partial charge on any atom is 0.228 e. The quantitative estimate of drug-likeness (QED) is 0.335. The van der Waals surface area contributed by atoms with E-state index in [0.29, 0.717) is 37.0 Å². The zero-order chi connectivity index (χ0) is 20.9. The van der Waals surface area contributed by atoms with Crippen LogP contribution in [0.25, 0.3) is 0 Å². The van der Waals surface area contributed by atoms with E-state index in [0.717, 1.165) is 24.1 Å². The number of nitriles is 1. The SMILES string of the molecule is N#CNC(=NCCc1cccs1)N1CC(N2CCCC2=O)C(c2ccc(Cl)cc2)=N1. The van der Waals surface area contributed by atoms with Crippen molar-refractivity contribution in [3.8, 4) is 6.19 Å². The van der Waals surface area contributed by atoms with Crippen molar-refractivity contribution in [2.75, 3.05) is 19.6 Å². The molecule has 1 amide bonds. The Kier molecular flexibility index (Phi) is 6.31. The van der Waals surface area contributed by atoms with Crippen molar-refractivity contribution in [3.05, 3.63) is 57.2 Å². The fourth-order valence-electron chi connectivity index (χ4n) is 3.70. The lowest BCUT2D eigenvalue weighted by Gasteiger charge is -2.25. The zero-order valence-electron chi connectivity index (χ0n) is 16.3. The third kappa shape index (κ3) is 4.48. The van der Waals surface area contributed by atoms with Crippen LogP contribution in [0, 0.1) is 11.5 Å². The normalized spacial score (nSPS) is 19.2. The van der Waals surface area contributed by atoms with Gasteiger partial charge in [0, 0.05) is 41.4 Å². The van der Waals surface area contributed by atoms with Gasteiger partial charge in [-0.15, -0.1) is 11.3 Å². The first-order valence-corrected chi connectivity index (χ1v) is 11.0. The van der Waals surface area contributed by atoms with E-state index in [1.54, 1.807) is 16.3 Å². The number of hydrazone groups is 1. The average Bonchev–Trinajstić information content (AvgIpc) is 3.49. The van der Waals surface area contributed by atoms with Crippen LogP contribution in [0.2, 0.25) is 5.02 Å². The van der Waals surface area contributed by atoms with E-state index < -0.39 is 0 Å². The highest BCUT2D eigenvalue weighted by molar-refractivity contribution is 7.09. The van der Waals surface area contributed by atoms with Crippen molar-refractivity contribution in [3.63, 3.8) is 0 Å². The van der Waals surface area contributed by atoms with Crippen molar-refractivity contribution in [1.82, 2.24) is 15.2 Å².